The fourth-order valence-corrected chi connectivity index (χ4v) is 10.7. The van der Waals surface area contributed by atoms with Crippen LogP contribution in [0, 0.1) is 13.8 Å². The van der Waals surface area contributed by atoms with Crippen molar-refractivity contribution >= 4 is 88.5 Å². The largest absolute Gasteiger partial charge is 0.310 e. The van der Waals surface area contributed by atoms with Crippen LogP contribution in [-0.4, -0.2) is 9.13 Å². The first-order valence-electron chi connectivity index (χ1n) is 24.1. The third-order valence-corrected chi connectivity index (χ3v) is 14.0. The molecule has 2 aromatic heterocycles. The molecule has 0 atom stereocenters. The van der Waals surface area contributed by atoms with E-state index in [9.17, 15) is 0 Å². The average molecular weight is 897 g/mol. The van der Waals surface area contributed by atoms with Gasteiger partial charge in [0.2, 0.25) is 0 Å². The Labute approximate surface area is 407 Å². The minimum atomic E-state index is 1.10. The van der Waals surface area contributed by atoms with E-state index in [0.717, 1.165) is 62.0 Å². The van der Waals surface area contributed by atoms with Crippen LogP contribution < -0.4 is 9.80 Å². The fraction of sp³-hybridized carbons (Fsp3) is 0.0303. The van der Waals surface area contributed by atoms with Gasteiger partial charge in [0.05, 0.1) is 22.1 Å². The number of aromatic nitrogens is 2. The van der Waals surface area contributed by atoms with E-state index in [1.165, 1.54) is 60.1 Å². The van der Waals surface area contributed by atoms with Crippen LogP contribution in [0.25, 0.3) is 76.9 Å². The summed E-state index contributed by atoms with van der Waals surface area (Å²) >= 11 is 0. The first-order chi connectivity index (χ1) is 34.5. The summed E-state index contributed by atoms with van der Waals surface area (Å²) in [7, 11) is 0. The highest BCUT2D eigenvalue weighted by molar-refractivity contribution is 6.12. The smallest absolute Gasteiger partial charge is 0.0542 e. The van der Waals surface area contributed by atoms with Crippen LogP contribution in [0.5, 0.6) is 0 Å². The number of fused-ring (bicyclic) bond motifs is 7. The van der Waals surface area contributed by atoms with Crippen LogP contribution in [0.3, 0.4) is 0 Å². The standard InChI is InChI=1S/C66H48N4/c1-45-28-32-50(33-29-45)67(51-34-30-46(2)31-35-51)54-36-38-65-61(42-54)58-24-11-13-26-63(58)69(65)52-21-15-22-53(41-52)70-64-27-14-12-25-59(64)62-43-55(37-39-66(62)70)68(49-19-7-4-8-20-49)56-40-48-18-9-10-23-57(48)60(44-56)47-16-5-3-6-17-47/h3-44H,1-2H3. The second kappa shape index (κ2) is 16.9. The summed E-state index contributed by atoms with van der Waals surface area (Å²) in [6, 6.07) is 93.1. The molecule has 0 fully saturated rings. The zero-order valence-corrected chi connectivity index (χ0v) is 39.0. The molecule has 70 heavy (non-hydrogen) atoms. The Morgan fingerprint density at radius 3 is 1.26 bits per heavy atom. The summed E-state index contributed by atoms with van der Waals surface area (Å²) < 4.78 is 4.86. The van der Waals surface area contributed by atoms with Gasteiger partial charge in [-0.25, -0.2) is 0 Å². The lowest BCUT2D eigenvalue weighted by Gasteiger charge is -2.27. The van der Waals surface area contributed by atoms with Crippen molar-refractivity contribution in [1.82, 2.24) is 9.13 Å². The second-order valence-electron chi connectivity index (χ2n) is 18.4. The maximum absolute atomic E-state index is 2.43. The molecule has 13 rings (SSSR count). The normalized spacial score (nSPS) is 11.6. The van der Waals surface area contributed by atoms with Crippen molar-refractivity contribution in [3.63, 3.8) is 0 Å². The molecule has 0 aliphatic heterocycles. The average Bonchev–Trinajstić information content (AvgIpc) is 3.93. The Hall–Kier alpha value is -9.12. The quantitative estimate of drug-likeness (QED) is 0.144. The first kappa shape index (κ1) is 41.1. The van der Waals surface area contributed by atoms with E-state index in [4.69, 9.17) is 0 Å². The topological polar surface area (TPSA) is 16.3 Å². The lowest BCUT2D eigenvalue weighted by molar-refractivity contribution is 1.13. The van der Waals surface area contributed by atoms with Crippen LogP contribution >= 0.6 is 0 Å². The highest BCUT2D eigenvalue weighted by Crippen LogP contribution is 2.44. The Balaban J connectivity index is 0.955. The number of hydrogen-bond donors (Lipinski definition) is 0. The van der Waals surface area contributed by atoms with Crippen LogP contribution in [-0.2, 0) is 0 Å². The monoisotopic (exact) mass is 896 g/mol. The van der Waals surface area contributed by atoms with Crippen LogP contribution in [0.2, 0.25) is 0 Å². The molecule has 0 bridgehead atoms. The van der Waals surface area contributed by atoms with Crippen molar-refractivity contribution in [1.29, 1.82) is 0 Å². The van der Waals surface area contributed by atoms with Crippen molar-refractivity contribution in [3.8, 4) is 22.5 Å². The van der Waals surface area contributed by atoms with Gasteiger partial charge in [-0.1, -0.05) is 151 Å². The van der Waals surface area contributed by atoms with E-state index in [1.54, 1.807) is 0 Å². The molecular weight excluding hydrogens is 849 g/mol. The maximum Gasteiger partial charge on any atom is 0.0542 e. The molecule has 0 saturated heterocycles. The van der Waals surface area contributed by atoms with Crippen molar-refractivity contribution in [2.24, 2.45) is 0 Å². The number of hydrogen-bond acceptors (Lipinski definition) is 2. The molecule has 332 valence electrons. The summed E-state index contributed by atoms with van der Waals surface area (Å²) in [6.07, 6.45) is 0. The van der Waals surface area contributed by atoms with E-state index in [1.807, 2.05) is 0 Å². The maximum atomic E-state index is 2.43. The molecule has 0 saturated carbocycles. The molecule has 11 aromatic carbocycles. The minimum Gasteiger partial charge on any atom is -0.310 e. The second-order valence-corrected chi connectivity index (χ2v) is 18.4. The molecule has 13 aromatic rings. The van der Waals surface area contributed by atoms with Crippen molar-refractivity contribution in [2.75, 3.05) is 9.80 Å². The summed E-state index contributed by atoms with van der Waals surface area (Å²) in [4.78, 5) is 4.76. The van der Waals surface area contributed by atoms with E-state index in [0.29, 0.717) is 0 Å². The molecular formula is C66H48N4. The Morgan fingerprint density at radius 2 is 0.700 bits per heavy atom. The van der Waals surface area contributed by atoms with Crippen molar-refractivity contribution < 1.29 is 0 Å². The minimum absolute atomic E-state index is 1.10. The third-order valence-electron chi connectivity index (χ3n) is 14.0. The van der Waals surface area contributed by atoms with Crippen molar-refractivity contribution in [3.05, 3.63) is 266 Å². The molecule has 4 nitrogen and oxygen atoms in total. The summed E-state index contributed by atoms with van der Waals surface area (Å²) in [5.41, 5.74) is 18.4. The van der Waals surface area contributed by atoms with E-state index in [2.05, 4.69) is 288 Å². The van der Waals surface area contributed by atoms with Gasteiger partial charge in [-0.2, -0.15) is 0 Å². The molecule has 0 aliphatic rings. The summed E-state index contributed by atoms with van der Waals surface area (Å²) in [5, 5.41) is 7.26. The molecule has 0 N–H and O–H groups in total. The van der Waals surface area contributed by atoms with Gasteiger partial charge < -0.3 is 18.9 Å². The Morgan fingerprint density at radius 1 is 0.271 bits per heavy atom. The number of aryl methyl sites for hydroxylation is 2. The molecule has 2 heterocycles. The lowest BCUT2D eigenvalue weighted by Crippen LogP contribution is -2.10. The number of para-hydroxylation sites is 3. The molecule has 0 aliphatic carbocycles. The van der Waals surface area contributed by atoms with Crippen molar-refractivity contribution in [2.45, 2.75) is 13.8 Å². The zero-order valence-electron chi connectivity index (χ0n) is 39.0. The van der Waals surface area contributed by atoms with Gasteiger partial charge in [0, 0.05) is 67.0 Å². The van der Waals surface area contributed by atoms with Gasteiger partial charge in [0.25, 0.3) is 0 Å². The summed E-state index contributed by atoms with van der Waals surface area (Å²) in [6.45, 7) is 4.28. The van der Waals surface area contributed by atoms with Crippen LogP contribution in [0.4, 0.5) is 34.1 Å². The van der Waals surface area contributed by atoms with Gasteiger partial charge >= 0.3 is 0 Å². The molecule has 0 amide bonds. The lowest BCUT2D eigenvalue weighted by atomic mass is 9.96. The predicted molar refractivity (Wildman–Crippen MR) is 297 cm³/mol. The van der Waals surface area contributed by atoms with E-state index < -0.39 is 0 Å². The van der Waals surface area contributed by atoms with Gasteiger partial charge in [-0.3, -0.25) is 0 Å². The van der Waals surface area contributed by atoms with Gasteiger partial charge in [-0.15, -0.1) is 0 Å². The first-order valence-corrected chi connectivity index (χ1v) is 24.1. The van der Waals surface area contributed by atoms with Gasteiger partial charge in [-0.05, 0) is 151 Å². The Bertz CT molecular complexity index is 4030. The molecule has 4 heteroatoms. The van der Waals surface area contributed by atoms with Gasteiger partial charge in [0.15, 0.2) is 0 Å². The molecule has 0 unspecified atom stereocenters. The number of benzene rings is 11. The summed E-state index contributed by atoms with van der Waals surface area (Å²) in [5.74, 6) is 0. The number of rotatable bonds is 9. The fourth-order valence-electron chi connectivity index (χ4n) is 10.7. The van der Waals surface area contributed by atoms with Crippen LogP contribution in [0.15, 0.2) is 255 Å². The Kier molecular flexibility index (Phi) is 9.91. The molecule has 0 spiro atoms. The highest BCUT2D eigenvalue weighted by Gasteiger charge is 2.21. The molecule has 0 radical (unpaired) electrons. The number of anilines is 6. The zero-order chi connectivity index (χ0) is 46.7. The SMILES string of the molecule is Cc1ccc(N(c2ccc(C)cc2)c2ccc3c(c2)c2ccccc2n3-c2cccc(-n3c4ccccc4c4cc(N(c5ccccc5)c5cc(-c6ccccc6)c6ccccc6c5)ccc43)c2)cc1. The van der Waals surface area contributed by atoms with E-state index >= 15 is 0 Å². The van der Waals surface area contributed by atoms with Gasteiger partial charge in [0.1, 0.15) is 0 Å². The highest BCUT2D eigenvalue weighted by atomic mass is 15.1. The van der Waals surface area contributed by atoms with E-state index in [-0.39, 0.29) is 0 Å². The van der Waals surface area contributed by atoms with Crippen LogP contribution in [0.1, 0.15) is 11.1 Å². The predicted octanol–water partition coefficient (Wildman–Crippen LogP) is 18.3. The third kappa shape index (κ3) is 7.00. The number of nitrogens with zero attached hydrogens (tertiary/aromatic N) is 4.